The second-order valence-corrected chi connectivity index (χ2v) is 14.4. The zero-order valence-corrected chi connectivity index (χ0v) is 14.5. The first-order valence-corrected chi connectivity index (χ1v) is 12.1. The highest BCUT2D eigenvalue weighted by Crippen LogP contribution is 2.59. The van der Waals surface area contributed by atoms with Crippen LogP contribution in [-0.2, 0) is 4.43 Å². The summed E-state index contributed by atoms with van der Waals surface area (Å²) in [5, 5.41) is 0. The Balaban J connectivity index is 2.10. The predicted octanol–water partition coefficient (Wildman–Crippen LogP) is 4.59. The summed E-state index contributed by atoms with van der Waals surface area (Å²) in [7, 11) is -1.44. The van der Waals surface area contributed by atoms with Gasteiger partial charge in [0.25, 0.3) is 0 Å². The lowest BCUT2D eigenvalue weighted by molar-refractivity contribution is 0.0478. The van der Waals surface area contributed by atoms with E-state index in [2.05, 4.69) is 57.0 Å². The van der Waals surface area contributed by atoms with Crippen molar-refractivity contribution in [3.05, 3.63) is 0 Å². The Morgan fingerprint density at radius 3 is 2.29 bits per heavy atom. The van der Waals surface area contributed by atoms with Crippen molar-refractivity contribution in [3.63, 3.8) is 0 Å². The summed E-state index contributed by atoms with van der Waals surface area (Å²) in [4.78, 5) is 0. The Morgan fingerprint density at radius 1 is 1.18 bits per heavy atom. The highest BCUT2D eigenvalue weighted by molar-refractivity contribution is 8.18. The molecule has 0 bridgehead atoms. The average molecular weight is 291 g/mol. The Labute approximate surface area is 116 Å². The molecule has 0 amide bonds. The zero-order chi connectivity index (χ0) is 12.7. The molecule has 17 heavy (non-hydrogen) atoms. The van der Waals surface area contributed by atoms with E-state index in [1.807, 2.05) is 0 Å². The molecule has 0 aromatic rings. The third-order valence-electron chi connectivity index (χ3n) is 3.84. The number of rotatable bonds is 2. The fourth-order valence-electron chi connectivity index (χ4n) is 3.14. The standard InChI is InChI=1S/C13H26OS2Si/c1-11-9-13(15-7-6-8-16-13)10-12(11,2)14-17(3,4)5/h11H,6-10H2,1-5H3/t11-,12-/m0/s1. The van der Waals surface area contributed by atoms with E-state index < -0.39 is 8.32 Å². The van der Waals surface area contributed by atoms with E-state index in [0.29, 0.717) is 10.00 Å². The average Bonchev–Trinajstić information content (AvgIpc) is 2.35. The maximum absolute atomic E-state index is 6.54. The van der Waals surface area contributed by atoms with Crippen molar-refractivity contribution in [1.82, 2.24) is 0 Å². The first-order valence-electron chi connectivity index (χ1n) is 6.73. The molecule has 4 heteroatoms. The normalized spacial score (nSPS) is 37.6. The lowest BCUT2D eigenvalue weighted by Gasteiger charge is -2.38. The summed E-state index contributed by atoms with van der Waals surface area (Å²) >= 11 is 4.41. The molecule has 1 nitrogen and oxygen atoms in total. The fraction of sp³-hybridized carbons (Fsp3) is 1.00. The van der Waals surface area contributed by atoms with E-state index in [9.17, 15) is 0 Å². The number of thioether (sulfide) groups is 2. The van der Waals surface area contributed by atoms with Gasteiger partial charge in [-0.1, -0.05) is 6.92 Å². The van der Waals surface area contributed by atoms with Crippen molar-refractivity contribution in [3.8, 4) is 0 Å². The Bertz CT molecular complexity index is 284. The molecule has 1 spiro atoms. The van der Waals surface area contributed by atoms with E-state index >= 15 is 0 Å². The molecule has 100 valence electrons. The van der Waals surface area contributed by atoms with E-state index in [4.69, 9.17) is 4.43 Å². The quantitative estimate of drug-likeness (QED) is 0.688. The summed E-state index contributed by atoms with van der Waals surface area (Å²) in [5.41, 5.74) is 0.127. The summed E-state index contributed by atoms with van der Waals surface area (Å²) in [6.07, 6.45) is 3.97. The van der Waals surface area contributed by atoms with Gasteiger partial charge in [0.2, 0.25) is 0 Å². The van der Waals surface area contributed by atoms with Gasteiger partial charge >= 0.3 is 0 Å². The van der Waals surface area contributed by atoms with Gasteiger partial charge in [0.15, 0.2) is 8.32 Å². The van der Waals surface area contributed by atoms with Crippen LogP contribution in [0.15, 0.2) is 0 Å². The molecule has 2 aliphatic rings. The van der Waals surface area contributed by atoms with Crippen LogP contribution in [0.2, 0.25) is 19.6 Å². The van der Waals surface area contributed by atoms with Crippen LogP contribution in [-0.4, -0.2) is 29.5 Å². The number of hydrogen-bond acceptors (Lipinski definition) is 3. The maximum atomic E-state index is 6.54. The monoisotopic (exact) mass is 290 g/mol. The van der Waals surface area contributed by atoms with Crippen molar-refractivity contribution in [2.75, 3.05) is 11.5 Å². The maximum Gasteiger partial charge on any atom is 0.184 e. The number of hydrogen-bond donors (Lipinski definition) is 0. The van der Waals surface area contributed by atoms with Gasteiger partial charge in [0.1, 0.15) is 0 Å². The smallest absolute Gasteiger partial charge is 0.184 e. The van der Waals surface area contributed by atoms with Gasteiger partial charge in [-0.15, -0.1) is 23.5 Å². The highest BCUT2D eigenvalue weighted by atomic mass is 32.2. The van der Waals surface area contributed by atoms with Crippen LogP contribution in [0.5, 0.6) is 0 Å². The van der Waals surface area contributed by atoms with Crippen molar-refractivity contribution in [1.29, 1.82) is 0 Å². The largest absolute Gasteiger partial charge is 0.412 e. The topological polar surface area (TPSA) is 9.23 Å². The molecule has 0 radical (unpaired) electrons. The van der Waals surface area contributed by atoms with Gasteiger partial charge in [-0.2, -0.15) is 0 Å². The highest BCUT2D eigenvalue weighted by Gasteiger charge is 2.53. The molecule has 2 fully saturated rings. The molecule has 0 N–H and O–H groups in total. The molecule has 1 heterocycles. The molecule has 2 atom stereocenters. The molecular weight excluding hydrogens is 264 g/mol. The second-order valence-electron chi connectivity index (χ2n) is 6.77. The molecule has 1 saturated carbocycles. The predicted molar refractivity (Wildman–Crippen MR) is 83.5 cm³/mol. The van der Waals surface area contributed by atoms with Gasteiger partial charge < -0.3 is 4.43 Å². The van der Waals surface area contributed by atoms with Crippen molar-refractivity contribution < 1.29 is 4.43 Å². The van der Waals surface area contributed by atoms with Gasteiger partial charge in [0.05, 0.1) is 9.68 Å². The van der Waals surface area contributed by atoms with Crippen LogP contribution >= 0.6 is 23.5 Å². The lowest BCUT2D eigenvalue weighted by atomic mass is 9.95. The second kappa shape index (κ2) is 4.77. The molecule has 1 aliphatic carbocycles. The van der Waals surface area contributed by atoms with Crippen molar-refractivity contribution >= 4 is 31.8 Å². The van der Waals surface area contributed by atoms with Gasteiger partial charge in [-0.3, -0.25) is 0 Å². The summed E-state index contributed by atoms with van der Waals surface area (Å²) in [6.45, 7) is 11.7. The molecule has 0 unspecified atom stereocenters. The van der Waals surface area contributed by atoms with E-state index in [-0.39, 0.29) is 5.60 Å². The minimum Gasteiger partial charge on any atom is -0.412 e. The zero-order valence-electron chi connectivity index (χ0n) is 11.8. The van der Waals surface area contributed by atoms with Crippen LogP contribution in [0.1, 0.15) is 33.1 Å². The first kappa shape index (κ1) is 14.3. The first-order chi connectivity index (χ1) is 7.75. The van der Waals surface area contributed by atoms with E-state index in [1.165, 1.54) is 30.8 Å². The van der Waals surface area contributed by atoms with Crippen LogP contribution in [0.25, 0.3) is 0 Å². The molecule has 0 aromatic heterocycles. The third-order valence-corrected chi connectivity index (χ3v) is 8.28. The van der Waals surface area contributed by atoms with Crippen LogP contribution < -0.4 is 0 Å². The minimum absolute atomic E-state index is 0.127. The third kappa shape index (κ3) is 3.25. The van der Waals surface area contributed by atoms with Crippen LogP contribution in [0, 0.1) is 5.92 Å². The van der Waals surface area contributed by atoms with Crippen molar-refractivity contribution in [2.24, 2.45) is 5.92 Å². The van der Waals surface area contributed by atoms with Gasteiger partial charge in [-0.05, 0) is 63.3 Å². The molecule has 1 saturated heterocycles. The van der Waals surface area contributed by atoms with E-state index in [0.717, 1.165) is 0 Å². The Morgan fingerprint density at radius 2 is 1.76 bits per heavy atom. The fourth-order valence-corrected chi connectivity index (χ4v) is 8.66. The molecule has 1 aliphatic heterocycles. The molecule has 0 aromatic carbocycles. The van der Waals surface area contributed by atoms with Crippen LogP contribution in [0.4, 0.5) is 0 Å². The van der Waals surface area contributed by atoms with Gasteiger partial charge in [0, 0.05) is 0 Å². The SMILES string of the molecule is C[C@H]1CC2(C[C@]1(C)O[Si](C)(C)C)SCCCS2. The molecular formula is C13H26OS2Si. The molecule has 2 rings (SSSR count). The van der Waals surface area contributed by atoms with Crippen LogP contribution in [0.3, 0.4) is 0 Å². The Hall–Kier alpha value is 0.877. The lowest BCUT2D eigenvalue weighted by Crippen LogP contribution is -2.43. The van der Waals surface area contributed by atoms with Gasteiger partial charge in [-0.25, -0.2) is 0 Å². The minimum atomic E-state index is -1.44. The summed E-state index contributed by atoms with van der Waals surface area (Å²) in [6, 6.07) is 0. The summed E-state index contributed by atoms with van der Waals surface area (Å²) in [5.74, 6) is 3.40. The Kier molecular flexibility index (Phi) is 4.01. The summed E-state index contributed by atoms with van der Waals surface area (Å²) < 4.78 is 7.02. The van der Waals surface area contributed by atoms with Crippen molar-refractivity contribution in [2.45, 2.75) is 62.4 Å². The van der Waals surface area contributed by atoms with E-state index in [1.54, 1.807) is 0 Å².